The summed E-state index contributed by atoms with van der Waals surface area (Å²) in [6.07, 6.45) is 12.4. The number of piperidine rings is 1. The van der Waals surface area contributed by atoms with E-state index in [0.29, 0.717) is 11.8 Å². The number of rotatable bonds is 4. The zero-order valence-electron chi connectivity index (χ0n) is 16.0. The summed E-state index contributed by atoms with van der Waals surface area (Å²) < 4.78 is 0. The third kappa shape index (κ3) is 4.17. The van der Waals surface area contributed by atoms with Crippen LogP contribution in [-0.2, 0) is 0 Å². The first-order chi connectivity index (χ1) is 11.5. The lowest BCUT2D eigenvalue weighted by molar-refractivity contribution is 0.0981. The lowest BCUT2D eigenvalue weighted by Crippen LogP contribution is -2.43. The SMILES string of the molecule is CC(C)c1ncc(C2CCN([C@H]3CC[C@H](C(C)C)CC3)CC2)cn1. The highest BCUT2D eigenvalue weighted by Gasteiger charge is 2.30. The first kappa shape index (κ1) is 17.8. The molecular formula is C21H35N3. The van der Waals surface area contributed by atoms with Crippen LogP contribution in [0.15, 0.2) is 12.4 Å². The molecule has 0 amide bonds. The lowest BCUT2D eigenvalue weighted by atomic mass is 9.78. The minimum atomic E-state index is 0.418. The number of aromatic nitrogens is 2. The average molecular weight is 330 g/mol. The van der Waals surface area contributed by atoms with Crippen LogP contribution in [0.3, 0.4) is 0 Å². The predicted molar refractivity (Wildman–Crippen MR) is 100 cm³/mol. The lowest BCUT2D eigenvalue weighted by Gasteiger charge is -2.41. The normalized spacial score (nSPS) is 27.1. The van der Waals surface area contributed by atoms with E-state index in [1.54, 1.807) is 0 Å². The molecule has 0 bridgehead atoms. The van der Waals surface area contributed by atoms with Gasteiger partial charge in [0.25, 0.3) is 0 Å². The Bertz CT molecular complexity index is 492. The van der Waals surface area contributed by atoms with E-state index >= 15 is 0 Å². The van der Waals surface area contributed by atoms with Gasteiger partial charge in [0.05, 0.1) is 0 Å². The molecule has 1 saturated heterocycles. The standard InChI is InChI=1S/C21H35N3/c1-15(2)17-5-7-20(8-6-17)24-11-9-18(10-12-24)19-13-22-21(16(3)4)23-14-19/h13-18,20H,5-12H2,1-4H3/t17-,20-. The molecule has 3 nitrogen and oxygen atoms in total. The molecule has 3 heteroatoms. The molecule has 2 heterocycles. The number of hydrogen-bond acceptors (Lipinski definition) is 3. The summed E-state index contributed by atoms with van der Waals surface area (Å²) in [5.74, 6) is 3.88. The molecule has 0 N–H and O–H groups in total. The third-order valence-corrected chi connectivity index (χ3v) is 6.41. The molecule has 0 atom stereocenters. The van der Waals surface area contributed by atoms with Crippen molar-refractivity contribution in [2.24, 2.45) is 11.8 Å². The second-order valence-corrected chi connectivity index (χ2v) is 8.65. The molecule has 24 heavy (non-hydrogen) atoms. The highest BCUT2D eigenvalue weighted by atomic mass is 15.2. The fourth-order valence-electron chi connectivity index (χ4n) is 4.59. The minimum Gasteiger partial charge on any atom is -0.300 e. The van der Waals surface area contributed by atoms with Gasteiger partial charge < -0.3 is 4.90 Å². The van der Waals surface area contributed by atoms with E-state index in [4.69, 9.17) is 0 Å². The summed E-state index contributed by atoms with van der Waals surface area (Å²) in [5.41, 5.74) is 1.35. The van der Waals surface area contributed by atoms with Gasteiger partial charge in [-0.1, -0.05) is 27.7 Å². The molecule has 1 aliphatic heterocycles. The van der Waals surface area contributed by atoms with Gasteiger partial charge in [-0.05, 0) is 74.9 Å². The van der Waals surface area contributed by atoms with Crippen LogP contribution in [0.25, 0.3) is 0 Å². The van der Waals surface area contributed by atoms with Gasteiger partial charge >= 0.3 is 0 Å². The van der Waals surface area contributed by atoms with Crippen LogP contribution in [-0.4, -0.2) is 34.0 Å². The van der Waals surface area contributed by atoms with Crippen molar-refractivity contribution in [3.05, 3.63) is 23.8 Å². The fraction of sp³-hybridized carbons (Fsp3) is 0.810. The maximum atomic E-state index is 4.56. The largest absolute Gasteiger partial charge is 0.300 e. The van der Waals surface area contributed by atoms with Gasteiger partial charge in [-0.3, -0.25) is 0 Å². The van der Waals surface area contributed by atoms with Crippen molar-refractivity contribution >= 4 is 0 Å². The van der Waals surface area contributed by atoms with Gasteiger partial charge in [0.2, 0.25) is 0 Å². The second kappa shape index (κ2) is 7.95. The summed E-state index contributed by atoms with van der Waals surface area (Å²) >= 11 is 0. The van der Waals surface area contributed by atoms with Crippen molar-refractivity contribution in [1.82, 2.24) is 14.9 Å². The van der Waals surface area contributed by atoms with Crippen molar-refractivity contribution in [3.63, 3.8) is 0 Å². The Hall–Kier alpha value is -0.960. The molecule has 1 aromatic rings. The summed E-state index contributed by atoms with van der Waals surface area (Å²) in [5, 5.41) is 0. The van der Waals surface area contributed by atoms with Gasteiger partial charge in [0.1, 0.15) is 5.82 Å². The zero-order chi connectivity index (χ0) is 17.1. The Labute approximate surface area is 148 Å². The van der Waals surface area contributed by atoms with Crippen LogP contribution >= 0.6 is 0 Å². The summed E-state index contributed by atoms with van der Waals surface area (Å²) in [7, 11) is 0. The molecule has 0 unspecified atom stereocenters. The highest BCUT2D eigenvalue weighted by molar-refractivity contribution is 5.14. The Balaban J connectivity index is 1.49. The van der Waals surface area contributed by atoms with Gasteiger partial charge in [-0.25, -0.2) is 9.97 Å². The molecule has 2 aliphatic rings. The van der Waals surface area contributed by atoms with Gasteiger partial charge in [-0.2, -0.15) is 0 Å². The fourth-order valence-corrected chi connectivity index (χ4v) is 4.59. The molecule has 1 saturated carbocycles. The van der Waals surface area contributed by atoms with Crippen molar-refractivity contribution in [3.8, 4) is 0 Å². The van der Waals surface area contributed by atoms with Crippen LogP contribution in [0, 0.1) is 11.8 Å². The van der Waals surface area contributed by atoms with Gasteiger partial charge in [0, 0.05) is 24.4 Å². The smallest absolute Gasteiger partial charge is 0.130 e. The quantitative estimate of drug-likeness (QED) is 0.779. The number of likely N-dealkylation sites (tertiary alicyclic amines) is 1. The Morgan fingerprint density at radius 1 is 0.875 bits per heavy atom. The maximum absolute atomic E-state index is 4.56. The van der Waals surface area contributed by atoms with E-state index in [-0.39, 0.29) is 0 Å². The molecule has 1 aliphatic carbocycles. The van der Waals surface area contributed by atoms with Crippen LogP contribution in [0.1, 0.15) is 89.4 Å². The average Bonchev–Trinajstić information content (AvgIpc) is 2.62. The topological polar surface area (TPSA) is 29.0 Å². The summed E-state index contributed by atoms with van der Waals surface area (Å²) in [4.78, 5) is 11.9. The Morgan fingerprint density at radius 3 is 1.96 bits per heavy atom. The zero-order valence-corrected chi connectivity index (χ0v) is 16.0. The van der Waals surface area contributed by atoms with Crippen LogP contribution in [0.4, 0.5) is 0 Å². The highest BCUT2D eigenvalue weighted by Crippen LogP contribution is 2.35. The van der Waals surface area contributed by atoms with Crippen LogP contribution in [0.2, 0.25) is 0 Å². The summed E-state index contributed by atoms with van der Waals surface area (Å²) in [6.45, 7) is 11.6. The maximum Gasteiger partial charge on any atom is 0.130 e. The second-order valence-electron chi connectivity index (χ2n) is 8.65. The van der Waals surface area contributed by atoms with Crippen molar-refractivity contribution in [2.45, 2.75) is 84.1 Å². The van der Waals surface area contributed by atoms with E-state index in [1.165, 1.54) is 57.2 Å². The number of hydrogen-bond donors (Lipinski definition) is 0. The molecule has 2 fully saturated rings. The Kier molecular flexibility index (Phi) is 5.91. The van der Waals surface area contributed by atoms with E-state index in [9.17, 15) is 0 Å². The molecule has 0 spiro atoms. The number of nitrogens with zero attached hydrogens (tertiary/aromatic N) is 3. The van der Waals surface area contributed by atoms with Crippen LogP contribution in [0.5, 0.6) is 0 Å². The Morgan fingerprint density at radius 2 is 1.46 bits per heavy atom. The van der Waals surface area contributed by atoms with Crippen LogP contribution < -0.4 is 0 Å². The van der Waals surface area contributed by atoms with E-state index in [0.717, 1.165) is 23.7 Å². The molecule has 0 radical (unpaired) electrons. The van der Waals surface area contributed by atoms with Gasteiger partial charge in [0.15, 0.2) is 0 Å². The molecule has 1 aromatic heterocycles. The minimum absolute atomic E-state index is 0.418. The monoisotopic (exact) mass is 329 g/mol. The van der Waals surface area contributed by atoms with E-state index in [1.807, 2.05) is 0 Å². The van der Waals surface area contributed by atoms with Crippen molar-refractivity contribution in [1.29, 1.82) is 0 Å². The molecule has 0 aromatic carbocycles. The molecule has 3 rings (SSSR count). The third-order valence-electron chi connectivity index (χ3n) is 6.41. The molecule has 134 valence electrons. The summed E-state index contributed by atoms with van der Waals surface area (Å²) in [6, 6.07) is 0.848. The van der Waals surface area contributed by atoms with Gasteiger partial charge in [-0.15, -0.1) is 0 Å². The predicted octanol–water partition coefficient (Wildman–Crippen LogP) is 4.99. The van der Waals surface area contributed by atoms with E-state index < -0.39 is 0 Å². The molecular weight excluding hydrogens is 294 g/mol. The van der Waals surface area contributed by atoms with Crippen molar-refractivity contribution < 1.29 is 0 Å². The first-order valence-corrected chi connectivity index (χ1v) is 10.1. The van der Waals surface area contributed by atoms with E-state index in [2.05, 4.69) is 55.0 Å². The van der Waals surface area contributed by atoms with Crippen molar-refractivity contribution in [2.75, 3.05) is 13.1 Å². The first-order valence-electron chi connectivity index (χ1n) is 10.1.